The Morgan fingerprint density at radius 1 is 1.32 bits per heavy atom. The predicted molar refractivity (Wildman–Crippen MR) is 74.9 cm³/mol. The number of Topliss-reactive ketones (excluding diaryl/α,β-unsaturated/α-hetero) is 1. The molecule has 0 aliphatic rings. The number of rotatable bonds is 7. The molecule has 0 saturated carbocycles. The third-order valence-corrected chi connectivity index (χ3v) is 3.61. The second-order valence-corrected chi connectivity index (χ2v) is 6.28. The topological polar surface area (TPSA) is 72.5 Å². The van der Waals surface area contributed by atoms with E-state index in [1.807, 2.05) is 13.8 Å². The van der Waals surface area contributed by atoms with Crippen molar-refractivity contribution < 1.29 is 17.9 Å². The molecule has 0 saturated heterocycles. The predicted octanol–water partition coefficient (Wildman–Crippen LogP) is 2.06. The summed E-state index contributed by atoms with van der Waals surface area (Å²) in [4.78, 5) is 11.4. The van der Waals surface area contributed by atoms with Gasteiger partial charge in [-0.3, -0.25) is 9.52 Å². The van der Waals surface area contributed by atoms with Crippen LogP contribution in [0.3, 0.4) is 0 Å². The lowest BCUT2D eigenvalue weighted by Crippen LogP contribution is -2.22. The maximum atomic E-state index is 11.9. The highest BCUT2D eigenvalue weighted by molar-refractivity contribution is 7.92. The Morgan fingerprint density at radius 3 is 2.53 bits per heavy atom. The number of para-hydroxylation sites is 1. The first-order valence-electron chi connectivity index (χ1n) is 6.04. The molecule has 0 unspecified atom stereocenters. The molecule has 1 rings (SSSR count). The van der Waals surface area contributed by atoms with Gasteiger partial charge in [-0.05, 0) is 32.9 Å². The fraction of sp³-hybridized carbons (Fsp3) is 0.462. The summed E-state index contributed by atoms with van der Waals surface area (Å²) < 4.78 is 31.3. The zero-order chi connectivity index (χ0) is 14.5. The first-order chi connectivity index (χ1) is 8.82. The number of nitrogens with one attached hydrogen (secondary N) is 1. The highest BCUT2D eigenvalue weighted by Crippen LogP contribution is 2.17. The molecular weight excluding hydrogens is 266 g/mol. The van der Waals surface area contributed by atoms with Gasteiger partial charge in [-0.25, -0.2) is 8.42 Å². The first-order valence-corrected chi connectivity index (χ1v) is 7.69. The minimum atomic E-state index is -3.51. The van der Waals surface area contributed by atoms with E-state index in [1.54, 1.807) is 24.3 Å². The monoisotopic (exact) mass is 285 g/mol. The Bertz CT molecular complexity index is 537. The van der Waals surface area contributed by atoms with Crippen molar-refractivity contribution in [1.82, 2.24) is 0 Å². The van der Waals surface area contributed by atoms with Crippen LogP contribution in [0, 0.1) is 0 Å². The van der Waals surface area contributed by atoms with Crippen molar-refractivity contribution in [2.24, 2.45) is 0 Å². The second kappa shape index (κ2) is 6.68. The van der Waals surface area contributed by atoms with Gasteiger partial charge in [0.1, 0.15) is 0 Å². The Morgan fingerprint density at radius 2 is 1.95 bits per heavy atom. The molecule has 0 radical (unpaired) electrons. The van der Waals surface area contributed by atoms with E-state index >= 15 is 0 Å². The maximum Gasteiger partial charge on any atom is 0.235 e. The van der Waals surface area contributed by atoms with Gasteiger partial charge >= 0.3 is 0 Å². The lowest BCUT2D eigenvalue weighted by molar-refractivity contribution is 0.0913. The molecule has 6 heteroatoms. The molecule has 106 valence electrons. The van der Waals surface area contributed by atoms with Crippen LogP contribution in [0.2, 0.25) is 0 Å². The average molecular weight is 285 g/mol. The normalized spacial score (nSPS) is 11.6. The molecule has 0 atom stereocenters. The van der Waals surface area contributed by atoms with E-state index in [4.69, 9.17) is 4.74 Å². The van der Waals surface area contributed by atoms with Crippen LogP contribution in [0.4, 0.5) is 5.69 Å². The summed E-state index contributed by atoms with van der Waals surface area (Å²) in [5, 5.41) is 0. The summed E-state index contributed by atoms with van der Waals surface area (Å²) in [5.74, 6) is -0.325. The molecule has 0 amide bonds. The quantitative estimate of drug-likeness (QED) is 0.778. The van der Waals surface area contributed by atoms with Crippen LogP contribution >= 0.6 is 0 Å². The summed E-state index contributed by atoms with van der Waals surface area (Å²) in [6.45, 7) is 5.19. The van der Waals surface area contributed by atoms with Crippen LogP contribution in [0.5, 0.6) is 0 Å². The summed E-state index contributed by atoms with van der Waals surface area (Å²) in [5.41, 5.74) is 0.662. The molecule has 0 fully saturated rings. The van der Waals surface area contributed by atoms with Crippen molar-refractivity contribution in [3.8, 4) is 0 Å². The number of ether oxygens (including phenoxy) is 1. The average Bonchev–Trinajstić information content (AvgIpc) is 2.27. The van der Waals surface area contributed by atoms with Crippen LogP contribution < -0.4 is 4.72 Å². The van der Waals surface area contributed by atoms with Gasteiger partial charge in [0.05, 0.1) is 24.2 Å². The highest BCUT2D eigenvalue weighted by atomic mass is 32.2. The van der Waals surface area contributed by atoms with Crippen LogP contribution in [-0.2, 0) is 14.8 Å². The number of sulfonamides is 1. The first kappa shape index (κ1) is 15.7. The van der Waals surface area contributed by atoms with Crippen LogP contribution in [0.15, 0.2) is 24.3 Å². The molecule has 0 heterocycles. The number of anilines is 1. The molecule has 0 bridgehead atoms. The van der Waals surface area contributed by atoms with Gasteiger partial charge in [0.25, 0.3) is 0 Å². The largest absolute Gasteiger partial charge is 0.378 e. The van der Waals surface area contributed by atoms with Gasteiger partial charge in [-0.2, -0.15) is 0 Å². The zero-order valence-electron chi connectivity index (χ0n) is 11.3. The van der Waals surface area contributed by atoms with E-state index in [-0.39, 0.29) is 24.2 Å². The molecule has 0 spiro atoms. The Labute approximate surface area is 114 Å². The van der Waals surface area contributed by atoms with E-state index in [9.17, 15) is 13.2 Å². The van der Waals surface area contributed by atoms with Crippen molar-refractivity contribution in [2.75, 3.05) is 17.1 Å². The summed E-state index contributed by atoms with van der Waals surface area (Å²) in [7, 11) is -3.51. The Hall–Kier alpha value is -1.40. The number of ketones is 1. The van der Waals surface area contributed by atoms with Crippen molar-refractivity contribution in [3.05, 3.63) is 29.8 Å². The number of benzene rings is 1. The van der Waals surface area contributed by atoms with Gasteiger partial charge in [0.15, 0.2) is 5.78 Å². The third kappa shape index (κ3) is 5.40. The molecular formula is C13H19NO4S. The van der Waals surface area contributed by atoms with E-state index in [0.717, 1.165) is 0 Å². The van der Waals surface area contributed by atoms with Crippen molar-refractivity contribution >= 4 is 21.5 Å². The maximum absolute atomic E-state index is 11.9. The smallest absolute Gasteiger partial charge is 0.235 e. The number of carbonyl (C=O) groups is 1. The van der Waals surface area contributed by atoms with Crippen molar-refractivity contribution in [2.45, 2.75) is 26.9 Å². The molecule has 0 aromatic heterocycles. The highest BCUT2D eigenvalue weighted by Gasteiger charge is 2.14. The van der Waals surface area contributed by atoms with Crippen LogP contribution in [-0.4, -0.2) is 32.7 Å². The van der Waals surface area contributed by atoms with Gasteiger partial charge in [-0.1, -0.05) is 12.1 Å². The molecule has 1 aromatic rings. The zero-order valence-corrected chi connectivity index (χ0v) is 12.2. The Kier molecular flexibility index (Phi) is 5.50. The summed E-state index contributed by atoms with van der Waals surface area (Å²) >= 11 is 0. The second-order valence-electron chi connectivity index (χ2n) is 4.44. The summed E-state index contributed by atoms with van der Waals surface area (Å²) in [6.07, 6.45) is -0.0142. The minimum Gasteiger partial charge on any atom is -0.378 e. The van der Waals surface area contributed by atoms with Crippen LogP contribution in [0.1, 0.15) is 31.1 Å². The van der Waals surface area contributed by atoms with E-state index < -0.39 is 10.0 Å². The lowest BCUT2D eigenvalue weighted by Gasteiger charge is -2.12. The Balaban J connectivity index is 2.76. The molecule has 5 nitrogen and oxygen atoms in total. The summed E-state index contributed by atoms with van der Waals surface area (Å²) in [6, 6.07) is 6.52. The molecule has 19 heavy (non-hydrogen) atoms. The van der Waals surface area contributed by atoms with Gasteiger partial charge < -0.3 is 4.74 Å². The van der Waals surface area contributed by atoms with E-state index in [1.165, 1.54) is 6.92 Å². The van der Waals surface area contributed by atoms with Gasteiger partial charge in [0.2, 0.25) is 10.0 Å². The number of hydrogen-bond donors (Lipinski definition) is 1. The van der Waals surface area contributed by atoms with Gasteiger partial charge in [-0.15, -0.1) is 0 Å². The fourth-order valence-corrected chi connectivity index (χ4v) is 2.42. The molecule has 0 aliphatic carbocycles. The van der Waals surface area contributed by atoms with Gasteiger partial charge in [0, 0.05) is 5.56 Å². The molecule has 1 N–H and O–H groups in total. The van der Waals surface area contributed by atoms with Crippen LogP contribution in [0.25, 0.3) is 0 Å². The fourth-order valence-electron chi connectivity index (χ4n) is 1.49. The SMILES string of the molecule is CC(=O)c1ccccc1NS(=O)(=O)CCOC(C)C. The van der Waals surface area contributed by atoms with Crippen molar-refractivity contribution in [3.63, 3.8) is 0 Å². The standard InChI is InChI=1S/C13H19NO4S/c1-10(2)18-8-9-19(16,17)14-13-7-5-4-6-12(13)11(3)15/h4-7,10,14H,8-9H2,1-3H3. The van der Waals surface area contributed by atoms with E-state index in [0.29, 0.717) is 11.3 Å². The molecule has 1 aromatic carbocycles. The van der Waals surface area contributed by atoms with E-state index in [2.05, 4.69) is 4.72 Å². The number of hydrogen-bond acceptors (Lipinski definition) is 4. The molecule has 0 aliphatic heterocycles. The van der Waals surface area contributed by atoms with Crippen molar-refractivity contribution in [1.29, 1.82) is 0 Å². The third-order valence-electron chi connectivity index (χ3n) is 2.38. The minimum absolute atomic E-state index is 0.0142. The number of carbonyl (C=O) groups excluding carboxylic acids is 1. The lowest BCUT2D eigenvalue weighted by atomic mass is 10.1.